The van der Waals surface area contributed by atoms with Gasteiger partial charge in [-0.25, -0.2) is 0 Å². The zero-order chi connectivity index (χ0) is 37.8. The lowest BCUT2D eigenvalue weighted by molar-refractivity contribution is 0.282. The van der Waals surface area contributed by atoms with Crippen LogP contribution in [0.4, 0.5) is 0 Å². The molecule has 1 heterocycles. The number of aliphatic hydroxyl groups is 5. The van der Waals surface area contributed by atoms with Crippen molar-refractivity contribution >= 4 is 0 Å². The number of rotatable bonds is 26. The predicted molar refractivity (Wildman–Crippen MR) is 225 cm³/mol. The largest absolute Gasteiger partial charge is 0.483 e. The van der Waals surface area contributed by atoms with Crippen LogP contribution in [0.1, 0.15) is 182 Å². The molecule has 1 atom stereocenters. The summed E-state index contributed by atoms with van der Waals surface area (Å²) in [6.45, 7) is 21.0. The third-order valence-corrected chi connectivity index (χ3v) is 6.87. The van der Waals surface area contributed by atoms with Crippen LogP contribution in [0, 0.1) is 0 Å². The van der Waals surface area contributed by atoms with Crippen molar-refractivity contribution in [3.8, 4) is 0 Å². The van der Waals surface area contributed by atoms with Crippen molar-refractivity contribution in [1.29, 1.82) is 0 Å². The summed E-state index contributed by atoms with van der Waals surface area (Å²) in [7, 11) is 1.00. The summed E-state index contributed by atoms with van der Waals surface area (Å²) < 4.78 is 5.50. The van der Waals surface area contributed by atoms with Crippen LogP contribution in [0.2, 0.25) is 0 Å². The number of ether oxygens (including phenoxy) is 1. The molecule has 1 aliphatic heterocycles. The molecule has 1 aliphatic rings. The second-order valence-electron chi connectivity index (χ2n) is 11.1. The van der Waals surface area contributed by atoms with Gasteiger partial charge in [-0.05, 0) is 57.4 Å². The molecule has 1 unspecified atom stereocenters. The normalized spacial score (nSPS) is 12.1. The molecule has 0 aliphatic carbocycles. The van der Waals surface area contributed by atoms with Crippen LogP contribution >= 0.6 is 0 Å². The molecular formula is C42H94O9. The summed E-state index contributed by atoms with van der Waals surface area (Å²) >= 11 is 0. The summed E-state index contributed by atoms with van der Waals surface area (Å²) in [5.41, 5.74) is 0. The van der Waals surface area contributed by atoms with Crippen molar-refractivity contribution in [2.24, 2.45) is 0 Å². The van der Waals surface area contributed by atoms with Gasteiger partial charge < -0.3 is 46.7 Å². The number of hydrogen-bond acceptors (Lipinski definition) is 6. The lowest BCUT2D eigenvalue weighted by atomic mass is 10.0. The molecule has 316 valence electrons. The predicted octanol–water partition coefficient (Wildman–Crippen LogP) is 8.93. The highest BCUT2D eigenvalue weighted by atomic mass is 16.6. The quantitative estimate of drug-likeness (QED) is 0.0332. The number of allylic oxidation sites excluding steroid dienone is 2. The molecule has 0 aromatic heterocycles. The average Bonchev–Trinajstić information content (AvgIpc) is 3.89. The molecule has 9 nitrogen and oxygen atoms in total. The maximum absolute atomic E-state index is 8.54. The highest BCUT2D eigenvalue weighted by molar-refractivity contribution is 5.12. The van der Waals surface area contributed by atoms with Crippen LogP contribution < -0.4 is 0 Å². The van der Waals surface area contributed by atoms with Crippen molar-refractivity contribution < 1.29 is 46.7 Å². The molecule has 1 fully saturated rings. The summed E-state index contributed by atoms with van der Waals surface area (Å²) in [6.07, 6.45) is 37.5. The first-order valence-electron chi connectivity index (χ1n) is 19.6. The van der Waals surface area contributed by atoms with E-state index in [4.69, 9.17) is 30.3 Å². The zero-order valence-electron chi connectivity index (χ0n) is 34.7. The van der Waals surface area contributed by atoms with E-state index >= 15 is 0 Å². The smallest absolute Gasteiger partial charge is 0.155 e. The van der Waals surface area contributed by atoms with Crippen LogP contribution in [-0.2, 0) is 4.74 Å². The van der Waals surface area contributed by atoms with Crippen LogP contribution in [0.15, 0.2) is 49.8 Å². The second-order valence-corrected chi connectivity index (χ2v) is 11.1. The molecule has 1 rings (SSSR count). The summed E-state index contributed by atoms with van der Waals surface area (Å²) in [5.74, 6) is 1.25. The van der Waals surface area contributed by atoms with E-state index in [1.54, 1.807) is 12.2 Å². The molecule has 0 amide bonds. The van der Waals surface area contributed by atoms with Gasteiger partial charge in [0.25, 0.3) is 0 Å². The van der Waals surface area contributed by atoms with Gasteiger partial charge in [0, 0.05) is 26.9 Å². The Morgan fingerprint density at radius 1 is 0.549 bits per heavy atom. The van der Waals surface area contributed by atoms with Crippen LogP contribution in [0.3, 0.4) is 0 Å². The van der Waals surface area contributed by atoms with E-state index in [0.29, 0.717) is 25.7 Å². The van der Waals surface area contributed by atoms with Gasteiger partial charge in [-0.15, -0.1) is 19.7 Å². The van der Waals surface area contributed by atoms with Crippen molar-refractivity contribution in [2.45, 2.75) is 188 Å². The molecular weight excluding hydrogens is 648 g/mol. The molecule has 1 saturated heterocycles. The Morgan fingerprint density at radius 2 is 0.961 bits per heavy atom. The highest BCUT2D eigenvalue weighted by Gasteiger charge is 2.30. The van der Waals surface area contributed by atoms with E-state index in [0.717, 1.165) is 26.4 Å². The molecule has 51 heavy (non-hydrogen) atoms. The minimum Gasteiger partial charge on any atom is -0.483 e. The van der Waals surface area contributed by atoms with Crippen molar-refractivity contribution in [3.63, 3.8) is 0 Å². The lowest BCUT2D eigenvalue weighted by Gasteiger charge is -2.01. The summed E-state index contributed by atoms with van der Waals surface area (Å²) in [5, 5.41) is 39.7. The Labute approximate surface area is 317 Å². The average molecular weight is 743 g/mol. The first-order valence-corrected chi connectivity index (χ1v) is 19.6. The third-order valence-electron chi connectivity index (χ3n) is 6.87. The Morgan fingerprint density at radius 3 is 1.31 bits per heavy atom. The molecule has 0 bridgehead atoms. The van der Waals surface area contributed by atoms with E-state index in [-0.39, 0.29) is 29.6 Å². The van der Waals surface area contributed by atoms with E-state index in [1.807, 2.05) is 26.8 Å². The Hall–Kier alpha value is -1.56. The van der Waals surface area contributed by atoms with E-state index in [1.165, 1.54) is 128 Å². The van der Waals surface area contributed by atoms with E-state index < -0.39 is 0 Å². The number of hydrogen-bond donors (Lipinski definition) is 5. The monoisotopic (exact) mass is 743 g/mol. The minimum atomic E-state index is 0. The fourth-order valence-corrected chi connectivity index (χ4v) is 4.26. The minimum absolute atomic E-state index is 0. The van der Waals surface area contributed by atoms with Crippen LogP contribution in [0.5, 0.6) is 0 Å². The highest BCUT2D eigenvalue weighted by Crippen LogP contribution is 2.32. The first kappa shape index (κ1) is 70.9. The summed E-state index contributed by atoms with van der Waals surface area (Å²) in [4.78, 5) is 0. The van der Waals surface area contributed by atoms with Crippen molar-refractivity contribution in [1.82, 2.24) is 0 Å². The fraction of sp³-hybridized carbons (Fsp3) is 0.810. The van der Waals surface area contributed by atoms with Gasteiger partial charge in [0.2, 0.25) is 0 Å². The molecule has 11 N–H and O–H groups in total. The molecule has 0 aromatic carbocycles. The topological polar surface area (TPSA) is 208 Å². The SMILES string of the molecule is C=C.C=CCCCCCCCCCCCC1OC1=CCC.CC.CCCCCCCCCCCO.CCCO.CO.O.O.O.OC/C=C\CCO. The van der Waals surface area contributed by atoms with Crippen molar-refractivity contribution in [3.05, 3.63) is 49.8 Å². The maximum atomic E-state index is 8.54. The molecule has 0 spiro atoms. The van der Waals surface area contributed by atoms with Gasteiger partial charge in [-0.3, -0.25) is 0 Å². The van der Waals surface area contributed by atoms with Crippen LogP contribution in [0.25, 0.3) is 0 Å². The fourth-order valence-electron chi connectivity index (χ4n) is 4.26. The number of unbranched alkanes of at least 4 members (excludes halogenated alkanes) is 17. The van der Waals surface area contributed by atoms with Gasteiger partial charge >= 0.3 is 0 Å². The number of epoxide rings is 1. The Bertz CT molecular complexity index is 546. The van der Waals surface area contributed by atoms with E-state index in [9.17, 15) is 0 Å². The van der Waals surface area contributed by atoms with Gasteiger partial charge in [-0.2, -0.15) is 0 Å². The Balaban J connectivity index is -0.0000000682. The molecule has 0 saturated carbocycles. The van der Waals surface area contributed by atoms with Gasteiger partial charge in [0.05, 0.1) is 6.61 Å². The first-order chi connectivity index (χ1) is 23.6. The standard InChI is InChI=1S/C18H32O.C11H24O.C5H10O2.C3H8O.C2H6.C2H4.CH4O.3H2O/c1-3-5-6-7-8-9-10-11-12-13-14-16-18-17(19-18)15-4-2;1-2-3-4-5-6-7-8-9-10-11-12;6-4-2-1-3-5-7;1-2-3-4;3*1-2;;;/h3,15,18H,1,4-14,16H2,2H3;12H,2-11H2,1H3;1-2,6-7H,3-5H2;4H,2-3H2,1H3;1-2H3;1-2H2;2H,1H3;3*1H2/b;;2-1-;;;;;;;. The Kier molecular flexibility index (Phi) is 114. The molecule has 0 radical (unpaired) electrons. The second kappa shape index (κ2) is 82.1. The molecule has 9 heteroatoms. The lowest BCUT2D eigenvalue weighted by Crippen LogP contribution is -1.86. The zero-order valence-corrected chi connectivity index (χ0v) is 34.7. The number of aliphatic hydroxyl groups excluding tert-OH is 5. The molecule has 0 aromatic rings. The maximum Gasteiger partial charge on any atom is 0.155 e. The van der Waals surface area contributed by atoms with Gasteiger partial charge in [0.15, 0.2) is 6.10 Å². The van der Waals surface area contributed by atoms with Gasteiger partial charge in [0.1, 0.15) is 5.76 Å². The van der Waals surface area contributed by atoms with Crippen molar-refractivity contribution in [2.75, 3.05) is 33.5 Å². The summed E-state index contributed by atoms with van der Waals surface area (Å²) in [6, 6.07) is 0. The third kappa shape index (κ3) is 88.1. The van der Waals surface area contributed by atoms with Gasteiger partial charge in [-0.1, -0.05) is 149 Å². The van der Waals surface area contributed by atoms with E-state index in [2.05, 4.69) is 39.7 Å². The van der Waals surface area contributed by atoms with Crippen LogP contribution in [-0.4, -0.2) is 81.6 Å².